The third-order valence-corrected chi connectivity index (χ3v) is 5.87. The van der Waals surface area contributed by atoms with Crippen LogP contribution < -0.4 is 4.72 Å². The second kappa shape index (κ2) is 6.14. The molecule has 2 aromatic carbocycles. The Labute approximate surface area is 150 Å². The summed E-state index contributed by atoms with van der Waals surface area (Å²) in [5.41, 5.74) is 3.44. The Balaban J connectivity index is 1.69. The van der Waals surface area contributed by atoms with Crippen molar-refractivity contribution >= 4 is 33.0 Å². The number of para-hydroxylation sites is 1. The zero-order chi connectivity index (χ0) is 18.3. The maximum atomic E-state index is 12.7. The number of sulfonamides is 1. The predicted molar refractivity (Wildman–Crippen MR) is 96.7 cm³/mol. The lowest BCUT2D eigenvalue weighted by molar-refractivity contribution is 0.0603. The lowest BCUT2D eigenvalue weighted by Gasteiger charge is -2.07. The SMILES string of the molecule is COC(=O)c1cccc2[nH]c(NS(=O)(=O)c3ccc4c(c3)CCC4)nc12. The highest BCUT2D eigenvalue weighted by Gasteiger charge is 2.21. The number of ether oxygens (including phenoxy) is 1. The van der Waals surface area contributed by atoms with E-state index < -0.39 is 16.0 Å². The maximum absolute atomic E-state index is 12.7. The van der Waals surface area contributed by atoms with Crippen LogP contribution in [0.5, 0.6) is 0 Å². The number of carbonyl (C=O) groups excluding carboxylic acids is 1. The maximum Gasteiger partial charge on any atom is 0.340 e. The van der Waals surface area contributed by atoms with Crippen molar-refractivity contribution in [2.45, 2.75) is 24.2 Å². The summed E-state index contributed by atoms with van der Waals surface area (Å²) in [6.07, 6.45) is 2.93. The minimum atomic E-state index is -3.78. The summed E-state index contributed by atoms with van der Waals surface area (Å²) in [5.74, 6) is -0.480. The summed E-state index contributed by atoms with van der Waals surface area (Å²) >= 11 is 0. The van der Waals surface area contributed by atoms with Crippen LogP contribution in [0.4, 0.5) is 5.95 Å². The van der Waals surface area contributed by atoms with Crippen LogP contribution in [0.2, 0.25) is 0 Å². The molecule has 1 heterocycles. The Morgan fingerprint density at radius 1 is 1.19 bits per heavy atom. The largest absolute Gasteiger partial charge is 0.465 e. The van der Waals surface area contributed by atoms with Crippen LogP contribution >= 0.6 is 0 Å². The Bertz CT molecular complexity index is 1120. The Morgan fingerprint density at radius 3 is 2.81 bits per heavy atom. The van der Waals surface area contributed by atoms with Gasteiger partial charge in [-0.1, -0.05) is 12.1 Å². The van der Waals surface area contributed by atoms with Gasteiger partial charge in [0.15, 0.2) is 0 Å². The van der Waals surface area contributed by atoms with E-state index in [-0.39, 0.29) is 16.4 Å². The fourth-order valence-electron chi connectivity index (χ4n) is 3.26. The number of hydrogen-bond acceptors (Lipinski definition) is 5. The van der Waals surface area contributed by atoms with Gasteiger partial charge >= 0.3 is 5.97 Å². The van der Waals surface area contributed by atoms with Crippen molar-refractivity contribution in [3.63, 3.8) is 0 Å². The summed E-state index contributed by atoms with van der Waals surface area (Å²) in [4.78, 5) is 19.1. The number of esters is 1. The molecule has 0 unspecified atom stereocenters. The average molecular weight is 371 g/mol. The van der Waals surface area contributed by atoms with Crippen molar-refractivity contribution in [1.29, 1.82) is 0 Å². The highest BCUT2D eigenvalue weighted by atomic mass is 32.2. The van der Waals surface area contributed by atoms with Gasteiger partial charge in [-0.2, -0.15) is 0 Å². The third kappa shape index (κ3) is 2.82. The highest BCUT2D eigenvalue weighted by Crippen LogP contribution is 2.26. The van der Waals surface area contributed by atoms with Crippen LogP contribution in [0.15, 0.2) is 41.3 Å². The minimum Gasteiger partial charge on any atom is -0.465 e. The van der Waals surface area contributed by atoms with E-state index in [9.17, 15) is 13.2 Å². The zero-order valence-corrected chi connectivity index (χ0v) is 14.9. The molecule has 0 fully saturated rings. The van der Waals surface area contributed by atoms with Gasteiger partial charge in [-0.15, -0.1) is 0 Å². The van der Waals surface area contributed by atoms with Gasteiger partial charge < -0.3 is 9.72 Å². The smallest absolute Gasteiger partial charge is 0.340 e. The number of rotatable bonds is 4. The van der Waals surface area contributed by atoms with E-state index in [4.69, 9.17) is 4.74 Å². The molecule has 0 bridgehead atoms. The van der Waals surface area contributed by atoms with Gasteiger partial charge in [-0.25, -0.2) is 22.9 Å². The molecular weight excluding hydrogens is 354 g/mol. The second-order valence-electron chi connectivity index (χ2n) is 6.17. The Morgan fingerprint density at radius 2 is 2.00 bits per heavy atom. The lowest BCUT2D eigenvalue weighted by atomic mass is 10.1. The highest BCUT2D eigenvalue weighted by molar-refractivity contribution is 7.92. The molecule has 0 spiro atoms. The molecule has 0 saturated heterocycles. The number of aryl methyl sites for hydroxylation is 2. The van der Waals surface area contributed by atoms with E-state index in [0.29, 0.717) is 11.0 Å². The van der Waals surface area contributed by atoms with Crippen LogP contribution in [0.1, 0.15) is 27.9 Å². The number of nitrogens with one attached hydrogen (secondary N) is 2. The first-order valence-corrected chi connectivity index (χ1v) is 9.68. The number of aromatic amines is 1. The monoisotopic (exact) mass is 371 g/mol. The fourth-order valence-corrected chi connectivity index (χ4v) is 4.27. The normalized spacial score (nSPS) is 13.6. The molecule has 1 aliphatic carbocycles. The summed E-state index contributed by atoms with van der Waals surface area (Å²) in [6, 6.07) is 10.1. The number of aromatic nitrogens is 2. The van der Waals surface area contributed by atoms with Crippen LogP contribution in [-0.2, 0) is 27.6 Å². The van der Waals surface area contributed by atoms with E-state index in [1.165, 1.54) is 12.7 Å². The van der Waals surface area contributed by atoms with Crippen molar-refractivity contribution in [2.24, 2.45) is 0 Å². The predicted octanol–water partition coefficient (Wildman–Crippen LogP) is 2.64. The van der Waals surface area contributed by atoms with Crippen molar-refractivity contribution in [2.75, 3.05) is 11.8 Å². The topological polar surface area (TPSA) is 101 Å². The van der Waals surface area contributed by atoms with Crippen molar-refractivity contribution < 1.29 is 17.9 Å². The number of benzene rings is 2. The van der Waals surface area contributed by atoms with Crippen LogP contribution in [0.25, 0.3) is 11.0 Å². The van der Waals surface area contributed by atoms with E-state index >= 15 is 0 Å². The molecule has 1 aliphatic rings. The molecule has 2 N–H and O–H groups in total. The number of anilines is 1. The van der Waals surface area contributed by atoms with Crippen molar-refractivity contribution in [1.82, 2.24) is 9.97 Å². The number of fused-ring (bicyclic) bond motifs is 2. The van der Waals surface area contributed by atoms with Gasteiger partial charge in [0, 0.05) is 0 Å². The van der Waals surface area contributed by atoms with Gasteiger partial charge in [0.1, 0.15) is 5.52 Å². The Hall–Kier alpha value is -2.87. The molecule has 26 heavy (non-hydrogen) atoms. The Kier molecular flexibility index (Phi) is 3.91. The number of imidazole rings is 1. The van der Waals surface area contributed by atoms with Crippen molar-refractivity contribution in [3.05, 3.63) is 53.1 Å². The summed E-state index contributed by atoms with van der Waals surface area (Å²) < 4.78 is 32.6. The number of H-pyrrole nitrogens is 1. The molecule has 4 rings (SSSR count). The van der Waals surface area contributed by atoms with E-state index in [2.05, 4.69) is 14.7 Å². The van der Waals surface area contributed by atoms with Crippen LogP contribution in [0.3, 0.4) is 0 Å². The van der Waals surface area contributed by atoms with E-state index in [1.807, 2.05) is 6.07 Å². The fraction of sp³-hybridized carbons (Fsp3) is 0.222. The number of nitrogens with zero attached hydrogens (tertiary/aromatic N) is 1. The number of hydrogen-bond donors (Lipinski definition) is 2. The van der Waals surface area contributed by atoms with E-state index in [1.54, 1.807) is 30.3 Å². The van der Waals surface area contributed by atoms with Gasteiger partial charge in [-0.05, 0) is 54.7 Å². The first kappa shape index (κ1) is 16.6. The first-order chi connectivity index (χ1) is 12.5. The molecule has 0 saturated carbocycles. The third-order valence-electron chi connectivity index (χ3n) is 4.53. The molecule has 7 nitrogen and oxygen atoms in total. The zero-order valence-electron chi connectivity index (χ0n) is 14.1. The van der Waals surface area contributed by atoms with Crippen LogP contribution in [-0.4, -0.2) is 31.5 Å². The molecule has 1 aromatic heterocycles. The van der Waals surface area contributed by atoms with Crippen LogP contribution in [0, 0.1) is 0 Å². The van der Waals surface area contributed by atoms with E-state index in [0.717, 1.165) is 24.8 Å². The molecule has 8 heteroatoms. The van der Waals surface area contributed by atoms with Gasteiger partial charge in [0.25, 0.3) is 10.0 Å². The summed E-state index contributed by atoms with van der Waals surface area (Å²) in [5, 5.41) is 0. The minimum absolute atomic E-state index is 0.0526. The number of methoxy groups -OCH3 is 1. The van der Waals surface area contributed by atoms with Gasteiger partial charge in [-0.3, -0.25) is 0 Å². The molecular formula is C18H17N3O4S. The van der Waals surface area contributed by atoms with Gasteiger partial charge in [0.05, 0.1) is 23.1 Å². The van der Waals surface area contributed by atoms with Gasteiger partial charge in [0.2, 0.25) is 5.95 Å². The summed E-state index contributed by atoms with van der Waals surface area (Å²) in [6.45, 7) is 0. The van der Waals surface area contributed by atoms with Crippen molar-refractivity contribution in [3.8, 4) is 0 Å². The molecule has 0 atom stereocenters. The molecule has 3 aromatic rings. The molecule has 0 radical (unpaired) electrons. The molecule has 0 amide bonds. The number of carbonyl (C=O) groups is 1. The first-order valence-electron chi connectivity index (χ1n) is 8.19. The molecule has 0 aliphatic heterocycles. The molecule has 134 valence electrons. The summed E-state index contributed by atoms with van der Waals surface area (Å²) in [7, 11) is -2.50. The lowest BCUT2D eigenvalue weighted by Crippen LogP contribution is -2.14. The second-order valence-corrected chi connectivity index (χ2v) is 7.85. The standard InChI is InChI=1S/C18H17N3O4S/c1-25-17(22)14-6-3-7-15-16(14)20-18(19-15)21-26(23,24)13-9-8-11-4-2-5-12(11)10-13/h3,6-10H,2,4-5H2,1H3,(H2,19,20,21). The quantitative estimate of drug-likeness (QED) is 0.687. The average Bonchev–Trinajstić information content (AvgIpc) is 3.25.